The third-order valence-electron chi connectivity index (χ3n) is 9.73. The quantitative estimate of drug-likeness (QED) is 0.368. The van der Waals surface area contributed by atoms with Crippen LogP contribution in [0.15, 0.2) is 27.8 Å². The van der Waals surface area contributed by atoms with Gasteiger partial charge in [-0.15, -0.1) is 0 Å². The number of ketones is 1. The fraction of sp³-hybridized carbons (Fsp3) is 0.704. The minimum Gasteiger partial charge on any atom is -0.392 e. The molecule has 8 nitrogen and oxygen atoms in total. The molecule has 2 fully saturated rings. The van der Waals surface area contributed by atoms with Crippen LogP contribution in [-0.2, 0) is 16.0 Å². The summed E-state index contributed by atoms with van der Waals surface area (Å²) < 4.78 is 11.3. The first kappa shape index (κ1) is 24.8. The highest BCUT2D eigenvalue weighted by atomic mass is 16.6. The first-order valence-electron chi connectivity index (χ1n) is 12.6. The van der Waals surface area contributed by atoms with Crippen LogP contribution in [0.2, 0.25) is 0 Å². The molecule has 1 aromatic heterocycles. The predicted octanol–water partition coefficient (Wildman–Crippen LogP) is 2.39. The summed E-state index contributed by atoms with van der Waals surface area (Å²) in [6.45, 7) is 11.1. The molecule has 0 saturated heterocycles. The average Bonchev–Trinajstić information content (AvgIpc) is 3.08. The monoisotopic (exact) mass is 487 g/mol. The number of allylic oxidation sites excluding steroid dienone is 1. The van der Waals surface area contributed by atoms with Gasteiger partial charge in [0, 0.05) is 5.92 Å². The molecule has 2 saturated carbocycles. The maximum absolute atomic E-state index is 14.4. The lowest BCUT2D eigenvalue weighted by Crippen LogP contribution is -2.65. The Balaban J connectivity index is 1.63. The molecule has 192 valence electrons. The maximum atomic E-state index is 14.4. The van der Waals surface area contributed by atoms with E-state index in [2.05, 4.69) is 19.0 Å². The van der Waals surface area contributed by atoms with Gasteiger partial charge in [-0.3, -0.25) is 4.79 Å². The van der Waals surface area contributed by atoms with Crippen LogP contribution in [0.4, 0.5) is 0 Å². The van der Waals surface area contributed by atoms with Gasteiger partial charge in [0.2, 0.25) is 0 Å². The number of hydrogen-bond donors (Lipinski definition) is 4. The highest BCUT2D eigenvalue weighted by Gasteiger charge is 2.76. The molecule has 1 unspecified atom stereocenters. The van der Waals surface area contributed by atoms with Gasteiger partial charge < -0.3 is 29.7 Å². The lowest BCUT2D eigenvalue weighted by atomic mass is 9.59. The molecule has 35 heavy (non-hydrogen) atoms. The smallest absolute Gasteiger partial charge is 0.187 e. The lowest BCUT2D eigenvalue weighted by molar-refractivity contribution is -0.235. The van der Waals surface area contributed by atoms with Gasteiger partial charge in [0.1, 0.15) is 23.6 Å². The van der Waals surface area contributed by atoms with Crippen LogP contribution in [0.25, 0.3) is 0 Å². The van der Waals surface area contributed by atoms with Gasteiger partial charge >= 0.3 is 0 Å². The summed E-state index contributed by atoms with van der Waals surface area (Å²) in [5.74, 6) is -0.181. The third kappa shape index (κ3) is 2.98. The molecule has 5 rings (SSSR count). The third-order valence-corrected chi connectivity index (χ3v) is 9.73. The first-order chi connectivity index (χ1) is 16.4. The number of ether oxygens (including phenoxy) is 1. The number of nitrogens with zero attached hydrogens (tertiary/aromatic N) is 1. The largest absolute Gasteiger partial charge is 0.392 e. The van der Waals surface area contributed by atoms with E-state index in [9.17, 15) is 25.2 Å². The molecule has 4 N–H and O–H groups in total. The van der Waals surface area contributed by atoms with Crippen LogP contribution in [0, 0.1) is 41.4 Å². The van der Waals surface area contributed by atoms with Crippen LogP contribution in [0.5, 0.6) is 0 Å². The second kappa shape index (κ2) is 7.83. The molecular weight excluding hydrogens is 450 g/mol. The van der Waals surface area contributed by atoms with Gasteiger partial charge in [0.15, 0.2) is 12.1 Å². The molecule has 0 aliphatic heterocycles. The minimum absolute atomic E-state index is 0.0352. The topological polar surface area (TPSA) is 133 Å². The van der Waals surface area contributed by atoms with Crippen molar-refractivity contribution in [1.82, 2.24) is 5.16 Å². The van der Waals surface area contributed by atoms with E-state index in [0.29, 0.717) is 34.9 Å². The van der Waals surface area contributed by atoms with Crippen molar-refractivity contribution in [1.29, 1.82) is 0 Å². The summed E-state index contributed by atoms with van der Waals surface area (Å²) in [5.41, 5.74) is -1.86. The Morgan fingerprint density at radius 2 is 2.00 bits per heavy atom. The molecular formula is C27H37NO7. The van der Waals surface area contributed by atoms with Gasteiger partial charge in [-0.2, -0.15) is 0 Å². The second-order valence-corrected chi connectivity index (χ2v) is 11.7. The lowest BCUT2D eigenvalue weighted by Gasteiger charge is -2.49. The van der Waals surface area contributed by atoms with E-state index in [-0.39, 0.29) is 28.6 Å². The van der Waals surface area contributed by atoms with E-state index < -0.39 is 42.0 Å². The van der Waals surface area contributed by atoms with Crippen molar-refractivity contribution in [2.45, 2.75) is 78.5 Å². The van der Waals surface area contributed by atoms with Gasteiger partial charge in [-0.1, -0.05) is 45.0 Å². The zero-order valence-corrected chi connectivity index (χ0v) is 21.3. The molecule has 8 heteroatoms. The molecule has 1 aromatic rings. The van der Waals surface area contributed by atoms with Crippen molar-refractivity contribution < 1.29 is 34.5 Å². The van der Waals surface area contributed by atoms with Crippen LogP contribution >= 0.6 is 0 Å². The summed E-state index contributed by atoms with van der Waals surface area (Å²) in [4.78, 5) is 14.4. The van der Waals surface area contributed by atoms with Crippen molar-refractivity contribution >= 4 is 5.78 Å². The van der Waals surface area contributed by atoms with Crippen molar-refractivity contribution in [3.05, 3.63) is 40.3 Å². The number of hydrogen-bond acceptors (Lipinski definition) is 8. The molecule has 0 radical (unpaired) electrons. The predicted molar refractivity (Wildman–Crippen MR) is 126 cm³/mol. The van der Waals surface area contributed by atoms with Gasteiger partial charge in [-0.25, -0.2) is 0 Å². The van der Waals surface area contributed by atoms with Crippen molar-refractivity contribution in [2.75, 3.05) is 6.61 Å². The Bertz CT molecular complexity index is 1120. The highest BCUT2D eigenvalue weighted by molar-refractivity contribution is 5.95. The molecule has 4 aliphatic carbocycles. The SMILES string of the molecule is CCc1noc(C)c1C(O)O[C@H]1C(C)=C[C@]23C(=O)[C@@H](C=C(CO)[C@@H](O)[C@]12O)[C@H]1[C@@H](C[C@H]3C)C1(C)C. The van der Waals surface area contributed by atoms with E-state index in [0.717, 1.165) is 6.42 Å². The summed E-state index contributed by atoms with van der Waals surface area (Å²) >= 11 is 0. The van der Waals surface area contributed by atoms with Crippen molar-refractivity contribution in [2.24, 2.45) is 34.5 Å². The molecule has 0 aromatic carbocycles. The number of rotatable bonds is 5. The van der Waals surface area contributed by atoms with E-state index in [1.165, 1.54) is 0 Å². The summed E-state index contributed by atoms with van der Waals surface area (Å²) in [6, 6.07) is 0. The second-order valence-electron chi connectivity index (χ2n) is 11.7. The normalized spacial score (nSPS) is 42.4. The molecule has 1 heterocycles. The highest BCUT2D eigenvalue weighted by Crippen LogP contribution is 2.71. The number of fused-ring (bicyclic) bond motifs is 3. The van der Waals surface area contributed by atoms with Crippen LogP contribution in [0.3, 0.4) is 0 Å². The first-order valence-corrected chi connectivity index (χ1v) is 12.6. The summed E-state index contributed by atoms with van der Waals surface area (Å²) in [6.07, 6.45) is 0.459. The van der Waals surface area contributed by atoms with E-state index >= 15 is 0 Å². The summed E-state index contributed by atoms with van der Waals surface area (Å²) in [5, 5.41) is 49.4. The van der Waals surface area contributed by atoms with Crippen molar-refractivity contribution in [3.8, 4) is 0 Å². The number of carbonyl (C=O) groups is 1. The number of aliphatic hydroxyl groups is 4. The average molecular weight is 488 g/mol. The van der Waals surface area contributed by atoms with E-state index in [4.69, 9.17) is 9.26 Å². The number of Topliss-reactive ketones (excluding diaryl/α,β-unsaturated/α-hetero) is 1. The maximum Gasteiger partial charge on any atom is 0.187 e. The number of aromatic nitrogens is 1. The van der Waals surface area contributed by atoms with Crippen LogP contribution < -0.4 is 0 Å². The van der Waals surface area contributed by atoms with Gasteiger partial charge in [-0.05, 0) is 61.0 Å². The van der Waals surface area contributed by atoms with E-state index in [1.807, 2.05) is 13.8 Å². The molecule has 9 atom stereocenters. The zero-order valence-electron chi connectivity index (χ0n) is 21.3. The van der Waals surface area contributed by atoms with Gasteiger partial charge in [0.25, 0.3) is 0 Å². The van der Waals surface area contributed by atoms with Crippen LogP contribution in [0.1, 0.15) is 64.3 Å². The molecule has 2 bridgehead atoms. The Hall–Kier alpha value is -1.84. The molecule has 0 amide bonds. The Morgan fingerprint density at radius 1 is 1.31 bits per heavy atom. The number of aryl methyl sites for hydroxylation is 2. The number of carbonyl (C=O) groups excluding carboxylic acids is 1. The van der Waals surface area contributed by atoms with Gasteiger partial charge in [0.05, 0.1) is 23.3 Å². The standard InChI is InChI=1S/C27H37NO7/c1-7-18-19(14(4)35-28-18)24(32)34-23-12(2)10-26-13(3)8-17-20(25(17,5)6)16(22(26)31)9-15(11-29)21(30)27(23,26)33/h9-10,13,16-17,20-21,23-24,29-30,32-33H,7-8,11H2,1-6H3/t13-,16+,17-,20+,21-,23+,24?,26+,27+/m1/s1. The Kier molecular flexibility index (Phi) is 5.55. The molecule has 4 aliphatic rings. The Morgan fingerprint density at radius 3 is 2.63 bits per heavy atom. The minimum atomic E-state index is -2.10. The fourth-order valence-corrected chi connectivity index (χ4v) is 7.82. The Labute approximate surface area is 205 Å². The summed E-state index contributed by atoms with van der Waals surface area (Å²) in [7, 11) is 0. The fourth-order valence-electron chi connectivity index (χ4n) is 7.82. The van der Waals surface area contributed by atoms with Crippen molar-refractivity contribution in [3.63, 3.8) is 0 Å². The number of aliphatic hydroxyl groups excluding tert-OH is 3. The van der Waals surface area contributed by atoms with E-state index in [1.54, 1.807) is 26.0 Å². The molecule has 1 spiro atoms. The van der Waals surface area contributed by atoms with Crippen LogP contribution in [-0.4, -0.2) is 55.8 Å². The zero-order chi connectivity index (χ0) is 25.7.